The Morgan fingerprint density at radius 1 is 1.47 bits per heavy atom. The van der Waals surface area contributed by atoms with Crippen molar-refractivity contribution in [3.05, 3.63) is 42.0 Å². The van der Waals surface area contributed by atoms with Crippen LogP contribution in [0.2, 0.25) is 0 Å². The smallest absolute Gasteiger partial charge is 0.173 e. The summed E-state index contributed by atoms with van der Waals surface area (Å²) in [5, 5.41) is 4.07. The summed E-state index contributed by atoms with van der Waals surface area (Å²) in [5.41, 5.74) is 0.0362. The molecule has 0 saturated heterocycles. The normalized spacial score (nSPS) is 10.9. The van der Waals surface area contributed by atoms with Crippen LogP contribution < -0.4 is 0 Å². The Labute approximate surface area is 110 Å². The molecule has 2 rings (SSSR count). The van der Waals surface area contributed by atoms with Crippen LogP contribution in [0.3, 0.4) is 0 Å². The third kappa shape index (κ3) is 3.21. The van der Waals surface area contributed by atoms with Gasteiger partial charge in [-0.15, -0.1) is 0 Å². The first-order chi connectivity index (χ1) is 9.08. The van der Waals surface area contributed by atoms with Gasteiger partial charge in [0.15, 0.2) is 11.6 Å². The molecule has 0 saturated carbocycles. The van der Waals surface area contributed by atoms with Crippen LogP contribution in [0.5, 0.6) is 0 Å². The van der Waals surface area contributed by atoms with Crippen molar-refractivity contribution in [2.24, 2.45) is 5.92 Å². The summed E-state index contributed by atoms with van der Waals surface area (Å²) in [4.78, 5) is 19.7. The molecule has 5 nitrogen and oxygen atoms in total. The van der Waals surface area contributed by atoms with E-state index in [0.29, 0.717) is 18.3 Å². The molecule has 0 radical (unpaired) electrons. The van der Waals surface area contributed by atoms with Gasteiger partial charge in [-0.1, -0.05) is 13.8 Å². The highest BCUT2D eigenvalue weighted by molar-refractivity contribution is 5.97. The van der Waals surface area contributed by atoms with Gasteiger partial charge in [-0.05, 0) is 12.0 Å². The summed E-state index contributed by atoms with van der Waals surface area (Å²) in [6.45, 7) is 4.78. The predicted molar refractivity (Wildman–Crippen MR) is 67.1 cm³/mol. The summed E-state index contributed by atoms with van der Waals surface area (Å²) in [6.07, 6.45) is 3.88. The number of Topliss-reactive ketones (excluding diaryl/α,β-unsaturated/α-hetero) is 1. The van der Waals surface area contributed by atoms with Crippen LogP contribution >= 0.6 is 0 Å². The Morgan fingerprint density at radius 2 is 2.26 bits per heavy atom. The molecular formula is C13H15FN4O. The lowest BCUT2D eigenvalue weighted by atomic mass is 10.1. The molecule has 2 heterocycles. The molecule has 0 aromatic carbocycles. The van der Waals surface area contributed by atoms with Gasteiger partial charge in [0, 0.05) is 12.7 Å². The van der Waals surface area contributed by atoms with Crippen LogP contribution in [-0.4, -0.2) is 25.5 Å². The van der Waals surface area contributed by atoms with Crippen molar-refractivity contribution in [3.63, 3.8) is 0 Å². The van der Waals surface area contributed by atoms with E-state index in [1.54, 1.807) is 4.68 Å². The van der Waals surface area contributed by atoms with Crippen molar-refractivity contribution in [2.45, 2.75) is 26.8 Å². The molecule has 2 aromatic rings. The fourth-order valence-corrected chi connectivity index (χ4v) is 1.76. The molecule has 0 N–H and O–H groups in total. The fourth-order valence-electron chi connectivity index (χ4n) is 1.76. The van der Waals surface area contributed by atoms with Gasteiger partial charge in [-0.2, -0.15) is 5.10 Å². The minimum Gasteiger partial charge on any atom is -0.294 e. The van der Waals surface area contributed by atoms with Gasteiger partial charge in [-0.3, -0.25) is 9.78 Å². The van der Waals surface area contributed by atoms with Crippen molar-refractivity contribution in [3.8, 4) is 0 Å². The molecule has 0 aliphatic heterocycles. The highest BCUT2D eigenvalue weighted by Crippen LogP contribution is 2.10. The molecule has 0 aliphatic carbocycles. The minimum absolute atomic E-state index is 0.0354. The molecule has 0 fully saturated rings. The third-order valence-corrected chi connectivity index (χ3v) is 2.63. The van der Waals surface area contributed by atoms with E-state index in [0.717, 1.165) is 6.20 Å². The van der Waals surface area contributed by atoms with Crippen molar-refractivity contribution >= 4 is 5.78 Å². The molecule has 0 unspecified atom stereocenters. The van der Waals surface area contributed by atoms with Crippen molar-refractivity contribution in [1.82, 2.24) is 19.7 Å². The molecule has 0 atom stereocenters. The molecule has 0 aliphatic rings. The van der Waals surface area contributed by atoms with Crippen molar-refractivity contribution in [1.29, 1.82) is 0 Å². The predicted octanol–water partition coefficient (Wildman–Crippen LogP) is 1.89. The van der Waals surface area contributed by atoms with Crippen LogP contribution in [0.25, 0.3) is 0 Å². The highest BCUT2D eigenvalue weighted by atomic mass is 19.1. The van der Waals surface area contributed by atoms with Gasteiger partial charge in [0.05, 0.1) is 18.2 Å². The minimum atomic E-state index is -0.609. The molecular weight excluding hydrogens is 247 g/mol. The molecule has 2 aromatic heterocycles. The van der Waals surface area contributed by atoms with E-state index < -0.39 is 5.82 Å². The first-order valence-corrected chi connectivity index (χ1v) is 6.07. The van der Waals surface area contributed by atoms with Gasteiger partial charge < -0.3 is 0 Å². The maximum absolute atomic E-state index is 13.5. The lowest BCUT2D eigenvalue weighted by Crippen LogP contribution is -2.15. The Morgan fingerprint density at radius 3 is 2.95 bits per heavy atom. The largest absolute Gasteiger partial charge is 0.294 e. The van der Waals surface area contributed by atoms with Crippen molar-refractivity contribution < 1.29 is 9.18 Å². The molecule has 19 heavy (non-hydrogen) atoms. The number of halogens is 1. The van der Waals surface area contributed by atoms with E-state index in [1.165, 1.54) is 18.6 Å². The molecule has 0 amide bonds. The van der Waals surface area contributed by atoms with E-state index >= 15 is 0 Å². The van der Waals surface area contributed by atoms with Crippen LogP contribution in [0, 0.1) is 11.7 Å². The second-order valence-corrected chi connectivity index (χ2v) is 4.71. The quantitative estimate of drug-likeness (QED) is 0.772. The van der Waals surface area contributed by atoms with Gasteiger partial charge in [0.2, 0.25) is 0 Å². The molecule has 6 heteroatoms. The Hall–Kier alpha value is -2.11. The van der Waals surface area contributed by atoms with Gasteiger partial charge in [0.25, 0.3) is 0 Å². The van der Waals surface area contributed by atoms with E-state index in [-0.39, 0.29) is 17.8 Å². The fraction of sp³-hybridized carbons (Fsp3) is 0.385. The number of aromatic nitrogens is 4. The van der Waals surface area contributed by atoms with Crippen LogP contribution in [0.4, 0.5) is 4.39 Å². The Kier molecular flexibility index (Phi) is 3.99. The zero-order valence-corrected chi connectivity index (χ0v) is 10.9. The van der Waals surface area contributed by atoms with Crippen LogP contribution in [-0.2, 0) is 13.0 Å². The average molecular weight is 262 g/mol. The zero-order chi connectivity index (χ0) is 13.8. The number of pyridine rings is 1. The van der Waals surface area contributed by atoms with E-state index in [1.807, 2.05) is 0 Å². The summed E-state index contributed by atoms with van der Waals surface area (Å²) >= 11 is 0. The van der Waals surface area contributed by atoms with Crippen LogP contribution in [0.15, 0.2) is 24.8 Å². The highest BCUT2D eigenvalue weighted by Gasteiger charge is 2.16. The van der Waals surface area contributed by atoms with Gasteiger partial charge >= 0.3 is 0 Å². The molecule has 0 bridgehead atoms. The second-order valence-electron chi connectivity index (χ2n) is 4.71. The number of ketones is 1. The maximum atomic E-state index is 13.5. The first kappa shape index (κ1) is 13.3. The van der Waals surface area contributed by atoms with Crippen molar-refractivity contribution in [2.75, 3.05) is 0 Å². The van der Waals surface area contributed by atoms with E-state index in [9.17, 15) is 9.18 Å². The number of hydrogen-bond donors (Lipinski definition) is 0. The Bertz CT molecular complexity index is 580. The summed E-state index contributed by atoms with van der Waals surface area (Å²) in [5.74, 6) is 0.0171. The lowest BCUT2D eigenvalue weighted by molar-refractivity contribution is 0.0985. The molecule has 100 valence electrons. The van der Waals surface area contributed by atoms with Gasteiger partial charge in [0.1, 0.15) is 12.2 Å². The molecule has 0 spiro atoms. The van der Waals surface area contributed by atoms with E-state index in [2.05, 4.69) is 28.9 Å². The topological polar surface area (TPSA) is 60.7 Å². The van der Waals surface area contributed by atoms with Crippen LogP contribution in [0.1, 0.15) is 30.0 Å². The number of rotatable bonds is 5. The number of carbonyl (C=O) groups is 1. The maximum Gasteiger partial charge on any atom is 0.173 e. The monoisotopic (exact) mass is 262 g/mol. The number of hydrogen-bond acceptors (Lipinski definition) is 4. The number of nitrogens with zero attached hydrogens (tertiary/aromatic N) is 4. The lowest BCUT2D eigenvalue weighted by Gasteiger charge is -2.08. The summed E-state index contributed by atoms with van der Waals surface area (Å²) in [6, 6.07) is 1.38. The third-order valence-electron chi connectivity index (χ3n) is 2.63. The summed E-state index contributed by atoms with van der Waals surface area (Å²) < 4.78 is 15.1. The summed E-state index contributed by atoms with van der Waals surface area (Å²) in [7, 11) is 0. The number of carbonyl (C=O) groups excluding carboxylic acids is 1. The standard InChI is InChI=1S/C13H15FN4O/c1-9(2)7-18-13(16-8-17-18)5-12(19)10-3-4-15-6-11(10)14/h3-4,6,8-9H,5,7H2,1-2H3. The first-order valence-electron chi connectivity index (χ1n) is 6.07. The van der Waals surface area contributed by atoms with E-state index in [4.69, 9.17) is 0 Å². The van der Waals surface area contributed by atoms with Gasteiger partial charge in [-0.25, -0.2) is 14.1 Å². The zero-order valence-electron chi connectivity index (χ0n) is 10.9. The SMILES string of the molecule is CC(C)Cn1ncnc1CC(=O)c1ccncc1F. The average Bonchev–Trinajstić information content (AvgIpc) is 2.76. The second kappa shape index (κ2) is 5.69. The Balaban J connectivity index is 2.16.